The highest BCUT2D eigenvalue weighted by atomic mass is 79.9. The Balaban J connectivity index is 1.94. The van der Waals surface area contributed by atoms with E-state index in [0.29, 0.717) is 29.8 Å². The third kappa shape index (κ3) is 4.33. The number of rotatable bonds is 3. The van der Waals surface area contributed by atoms with Crippen molar-refractivity contribution in [3.8, 4) is 0 Å². The van der Waals surface area contributed by atoms with Gasteiger partial charge in [-0.1, -0.05) is 40.2 Å². The molecular weight excluding hydrogens is 396 g/mol. The van der Waals surface area contributed by atoms with Crippen LogP contribution in [0.2, 0.25) is 0 Å². The standard InChI is InChI=1S/C20H17BrN2O3/c1-22-12-16(8-14-4-2-6-18(21)10-14)20(24)17(13-22)9-15-5-3-7-19(11-15)23(25)26/h2-11H,12-13H2,1H3/b16-8+,17-9+. The van der Waals surface area contributed by atoms with E-state index in [2.05, 4.69) is 20.8 Å². The van der Waals surface area contributed by atoms with E-state index in [4.69, 9.17) is 0 Å². The summed E-state index contributed by atoms with van der Waals surface area (Å²) in [7, 11) is 1.95. The fourth-order valence-electron chi connectivity index (χ4n) is 2.94. The molecule has 0 radical (unpaired) electrons. The van der Waals surface area contributed by atoms with Gasteiger partial charge in [0.2, 0.25) is 0 Å². The van der Waals surface area contributed by atoms with E-state index in [9.17, 15) is 14.9 Å². The number of ketones is 1. The van der Waals surface area contributed by atoms with Crippen LogP contribution < -0.4 is 0 Å². The van der Waals surface area contributed by atoms with Crippen molar-refractivity contribution in [2.45, 2.75) is 0 Å². The van der Waals surface area contributed by atoms with Crippen LogP contribution in [0.5, 0.6) is 0 Å². The Kier molecular flexibility index (Phi) is 5.44. The second-order valence-corrected chi connectivity index (χ2v) is 7.16. The summed E-state index contributed by atoms with van der Waals surface area (Å²) in [5.74, 6) is -0.0189. The molecule has 0 aromatic heterocycles. The lowest BCUT2D eigenvalue weighted by atomic mass is 9.94. The molecule has 0 atom stereocenters. The van der Waals surface area contributed by atoms with Gasteiger partial charge in [0.25, 0.3) is 5.69 Å². The fourth-order valence-corrected chi connectivity index (χ4v) is 3.35. The van der Waals surface area contributed by atoms with E-state index in [1.807, 2.05) is 37.4 Å². The molecule has 0 N–H and O–H groups in total. The highest BCUT2D eigenvalue weighted by Crippen LogP contribution is 2.23. The van der Waals surface area contributed by atoms with Gasteiger partial charge in [-0.05, 0) is 42.5 Å². The van der Waals surface area contributed by atoms with Gasteiger partial charge in [0.1, 0.15) is 0 Å². The van der Waals surface area contributed by atoms with E-state index in [1.165, 1.54) is 12.1 Å². The van der Waals surface area contributed by atoms with Crippen molar-refractivity contribution in [2.24, 2.45) is 0 Å². The Morgan fingerprint density at radius 2 is 1.62 bits per heavy atom. The molecular formula is C20H17BrN2O3. The Bertz CT molecular complexity index is 934. The first kappa shape index (κ1) is 18.2. The lowest BCUT2D eigenvalue weighted by Crippen LogP contribution is -2.34. The second kappa shape index (κ2) is 7.76. The summed E-state index contributed by atoms with van der Waals surface area (Å²) in [4.78, 5) is 25.4. The van der Waals surface area contributed by atoms with Crippen LogP contribution in [-0.2, 0) is 4.79 Å². The van der Waals surface area contributed by atoms with Crippen LogP contribution >= 0.6 is 15.9 Å². The lowest BCUT2D eigenvalue weighted by Gasteiger charge is -2.26. The quantitative estimate of drug-likeness (QED) is 0.427. The highest BCUT2D eigenvalue weighted by Gasteiger charge is 2.24. The third-order valence-electron chi connectivity index (χ3n) is 4.08. The Labute approximate surface area is 159 Å². The number of non-ortho nitro benzene ring substituents is 1. The number of hydrogen-bond donors (Lipinski definition) is 0. The molecule has 0 unspecified atom stereocenters. The SMILES string of the molecule is CN1C/C(=C\c2cccc(Br)c2)C(=O)/C(=C/c2cccc([N+](=O)[O-])c2)C1. The number of nitro benzene ring substituents is 1. The van der Waals surface area contributed by atoms with E-state index >= 15 is 0 Å². The molecule has 5 nitrogen and oxygen atoms in total. The Hall–Kier alpha value is -2.57. The molecule has 0 aliphatic carbocycles. The summed E-state index contributed by atoms with van der Waals surface area (Å²) in [5.41, 5.74) is 2.95. The molecule has 26 heavy (non-hydrogen) atoms. The van der Waals surface area contributed by atoms with Gasteiger partial charge in [0.15, 0.2) is 5.78 Å². The topological polar surface area (TPSA) is 63.5 Å². The van der Waals surface area contributed by atoms with Crippen molar-refractivity contribution >= 4 is 39.6 Å². The number of carbonyl (C=O) groups excluding carboxylic acids is 1. The smallest absolute Gasteiger partial charge is 0.270 e. The minimum absolute atomic E-state index is 0.0147. The fraction of sp³-hybridized carbons (Fsp3) is 0.150. The molecule has 0 amide bonds. The summed E-state index contributed by atoms with van der Waals surface area (Å²) in [5, 5.41) is 10.9. The zero-order chi connectivity index (χ0) is 18.7. The predicted molar refractivity (Wildman–Crippen MR) is 106 cm³/mol. The van der Waals surface area contributed by atoms with E-state index in [1.54, 1.807) is 18.2 Å². The highest BCUT2D eigenvalue weighted by molar-refractivity contribution is 9.10. The molecule has 0 saturated carbocycles. The van der Waals surface area contributed by atoms with Gasteiger partial charge in [0, 0.05) is 40.8 Å². The minimum atomic E-state index is -0.435. The molecule has 3 rings (SSSR count). The number of hydrogen-bond acceptors (Lipinski definition) is 4. The van der Waals surface area contributed by atoms with Crippen LogP contribution in [0.3, 0.4) is 0 Å². The van der Waals surface area contributed by atoms with Crippen molar-refractivity contribution in [3.63, 3.8) is 0 Å². The molecule has 1 aliphatic rings. The largest absolute Gasteiger partial charge is 0.298 e. The molecule has 2 aromatic carbocycles. The van der Waals surface area contributed by atoms with E-state index < -0.39 is 4.92 Å². The first-order chi connectivity index (χ1) is 12.4. The number of likely N-dealkylation sites (N-methyl/N-ethyl adjacent to an activating group) is 1. The average molecular weight is 413 g/mol. The van der Waals surface area contributed by atoms with Crippen molar-refractivity contribution in [3.05, 3.63) is 85.4 Å². The molecule has 2 aromatic rings. The molecule has 0 bridgehead atoms. The van der Waals surface area contributed by atoms with Gasteiger partial charge in [-0.2, -0.15) is 0 Å². The van der Waals surface area contributed by atoms with Gasteiger partial charge in [-0.25, -0.2) is 0 Å². The monoisotopic (exact) mass is 412 g/mol. The number of nitro groups is 1. The molecule has 6 heteroatoms. The summed E-state index contributed by atoms with van der Waals surface area (Å²) in [6.07, 6.45) is 3.63. The van der Waals surface area contributed by atoms with Crippen molar-refractivity contribution in [2.75, 3.05) is 20.1 Å². The minimum Gasteiger partial charge on any atom is -0.298 e. The van der Waals surface area contributed by atoms with Gasteiger partial charge in [-0.3, -0.25) is 19.8 Å². The van der Waals surface area contributed by atoms with Crippen molar-refractivity contribution < 1.29 is 9.72 Å². The van der Waals surface area contributed by atoms with Gasteiger partial charge >= 0.3 is 0 Å². The summed E-state index contributed by atoms with van der Waals surface area (Å²) in [6.45, 7) is 1.08. The van der Waals surface area contributed by atoms with Crippen LogP contribution in [0.4, 0.5) is 5.69 Å². The van der Waals surface area contributed by atoms with Crippen LogP contribution in [0, 0.1) is 10.1 Å². The number of likely N-dealkylation sites (tertiary alicyclic amines) is 1. The second-order valence-electron chi connectivity index (χ2n) is 6.25. The maximum atomic E-state index is 12.9. The molecule has 1 heterocycles. The molecule has 0 spiro atoms. The number of nitrogens with zero attached hydrogens (tertiary/aromatic N) is 2. The zero-order valence-electron chi connectivity index (χ0n) is 14.2. The third-order valence-corrected chi connectivity index (χ3v) is 4.57. The summed E-state index contributed by atoms with van der Waals surface area (Å²) < 4.78 is 0.954. The van der Waals surface area contributed by atoms with Gasteiger partial charge in [-0.15, -0.1) is 0 Å². The average Bonchev–Trinajstić information content (AvgIpc) is 2.59. The molecule has 1 saturated heterocycles. The van der Waals surface area contributed by atoms with Crippen LogP contribution in [-0.4, -0.2) is 35.7 Å². The molecule has 132 valence electrons. The van der Waals surface area contributed by atoms with Crippen LogP contribution in [0.1, 0.15) is 11.1 Å². The van der Waals surface area contributed by atoms with Crippen molar-refractivity contribution in [1.82, 2.24) is 4.90 Å². The maximum absolute atomic E-state index is 12.9. The predicted octanol–water partition coefficient (Wildman–Crippen LogP) is 4.34. The summed E-state index contributed by atoms with van der Waals surface area (Å²) in [6, 6.07) is 14.1. The van der Waals surface area contributed by atoms with Crippen LogP contribution in [0.25, 0.3) is 12.2 Å². The van der Waals surface area contributed by atoms with Gasteiger partial charge in [0.05, 0.1) is 4.92 Å². The normalized spacial score (nSPS) is 18.5. The first-order valence-corrected chi connectivity index (χ1v) is 8.86. The number of carbonyl (C=O) groups is 1. The Morgan fingerprint density at radius 3 is 2.19 bits per heavy atom. The van der Waals surface area contributed by atoms with Crippen LogP contribution in [0.15, 0.2) is 64.1 Å². The van der Waals surface area contributed by atoms with E-state index in [0.717, 1.165) is 10.0 Å². The summed E-state index contributed by atoms with van der Waals surface area (Å²) >= 11 is 3.44. The number of piperidine rings is 1. The van der Waals surface area contributed by atoms with Crippen molar-refractivity contribution in [1.29, 1.82) is 0 Å². The number of halogens is 1. The maximum Gasteiger partial charge on any atom is 0.270 e. The number of benzene rings is 2. The number of Topliss-reactive ketones (excluding diaryl/α,β-unsaturated/α-hetero) is 1. The Morgan fingerprint density at radius 1 is 1.04 bits per heavy atom. The van der Waals surface area contributed by atoms with E-state index in [-0.39, 0.29) is 11.5 Å². The molecule has 1 aliphatic heterocycles. The molecule has 1 fully saturated rings. The lowest BCUT2D eigenvalue weighted by molar-refractivity contribution is -0.384. The first-order valence-electron chi connectivity index (χ1n) is 8.07. The zero-order valence-corrected chi connectivity index (χ0v) is 15.8. The van der Waals surface area contributed by atoms with Gasteiger partial charge < -0.3 is 0 Å².